The van der Waals surface area contributed by atoms with E-state index >= 15 is 0 Å². The summed E-state index contributed by atoms with van der Waals surface area (Å²) >= 11 is 0. The quantitative estimate of drug-likeness (QED) is 0.719. The molecule has 1 aromatic heterocycles. The van der Waals surface area contributed by atoms with Crippen molar-refractivity contribution in [1.29, 1.82) is 0 Å². The van der Waals surface area contributed by atoms with Gasteiger partial charge in [0.05, 0.1) is 17.1 Å². The molecule has 0 bridgehead atoms. The standard InChI is InChI=1S/C24H30N4O/c1-17(2)28-22-13-7-6-12-21(22)26-23(28)19-11-8-14-27(16-19)24(29)20(25)15-18-9-4-3-5-10-18/h3-7,9-10,12-13,17,19-20H,8,11,14-16,25H2,1-2H3. The van der Waals surface area contributed by atoms with Crippen LogP contribution >= 0.6 is 0 Å². The molecule has 1 fully saturated rings. The minimum Gasteiger partial charge on any atom is -0.341 e. The normalized spacial score (nSPS) is 18.3. The number of rotatable bonds is 5. The molecule has 1 aliphatic heterocycles. The summed E-state index contributed by atoms with van der Waals surface area (Å²) in [5, 5.41) is 0. The van der Waals surface area contributed by atoms with Gasteiger partial charge in [-0.25, -0.2) is 4.98 Å². The Labute approximate surface area is 172 Å². The minimum absolute atomic E-state index is 0.0470. The van der Waals surface area contributed by atoms with E-state index in [4.69, 9.17) is 10.7 Å². The summed E-state index contributed by atoms with van der Waals surface area (Å²) in [7, 11) is 0. The van der Waals surface area contributed by atoms with Crippen molar-refractivity contribution in [3.8, 4) is 0 Å². The van der Waals surface area contributed by atoms with E-state index in [0.29, 0.717) is 19.0 Å². The van der Waals surface area contributed by atoms with Gasteiger partial charge in [0, 0.05) is 25.0 Å². The molecule has 4 rings (SSSR count). The second-order valence-corrected chi connectivity index (χ2v) is 8.34. The van der Waals surface area contributed by atoms with Gasteiger partial charge in [0.15, 0.2) is 0 Å². The van der Waals surface area contributed by atoms with Crippen molar-refractivity contribution >= 4 is 16.9 Å². The summed E-state index contributed by atoms with van der Waals surface area (Å²) in [6, 6.07) is 18.1. The fourth-order valence-electron chi connectivity index (χ4n) is 4.47. The van der Waals surface area contributed by atoms with Gasteiger partial charge in [0.1, 0.15) is 5.82 Å². The highest BCUT2D eigenvalue weighted by Crippen LogP contribution is 2.31. The first-order chi connectivity index (χ1) is 14.0. The minimum atomic E-state index is -0.500. The van der Waals surface area contributed by atoms with Crippen molar-refractivity contribution in [1.82, 2.24) is 14.5 Å². The van der Waals surface area contributed by atoms with Gasteiger partial charge < -0.3 is 15.2 Å². The zero-order valence-electron chi connectivity index (χ0n) is 17.3. The summed E-state index contributed by atoms with van der Waals surface area (Å²) in [6.07, 6.45) is 2.61. The maximum atomic E-state index is 13.0. The van der Waals surface area contributed by atoms with Crippen LogP contribution in [0.3, 0.4) is 0 Å². The smallest absolute Gasteiger partial charge is 0.239 e. The lowest BCUT2D eigenvalue weighted by atomic mass is 9.95. The van der Waals surface area contributed by atoms with Crippen molar-refractivity contribution < 1.29 is 4.79 Å². The molecule has 1 aliphatic rings. The van der Waals surface area contributed by atoms with Crippen molar-refractivity contribution in [2.45, 2.75) is 51.1 Å². The number of nitrogens with two attached hydrogens (primary N) is 1. The Hall–Kier alpha value is -2.66. The molecule has 1 amide bonds. The first kappa shape index (κ1) is 19.6. The molecule has 2 heterocycles. The van der Waals surface area contributed by atoms with E-state index in [-0.39, 0.29) is 11.8 Å². The van der Waals surface area contributed by atoms with Crippen molar-refractivity contribution in [3.05, 3.63) is 66.0 Å². The van der Waals surface area contributed by atoms with E-state index in [1.807, 2.05) is 41.3 Å². The van der Waals surface area contributed by atoms with Crippen LogP contribution in [0.1, 0.15) is 50.0 Å². The van der Waals surface area contributed by atoms with Crippen LogP contribution in [0.5, 0.6) is 0 Å². The van der Waals surface area contributed by atoms with Crippen LogP contribution in [-0.4, -0.2) is 39.5 Å². The van der Waals surface area contributed by atoms with Gasteiger partial charge >= 0.3 is 0 Å². The SMILES string of the molecule is CC(C)n1c(C2CCCN(C(=O)C(N)Cc3ccccc3)C2)nc2ccccc21. The van der Waals surface area contributed by atoms with Gasteiger partial charge in [-0.3, -0.25) is 4.79 Å². The molecular formula is C24H30N4O. The molecule has 2 N–H and O–H groups in total. The van der Waals surface area contributed by atoms with Gasteiger partial charge in [-0.1, -0.05) is 42.5 Å². The molecule has 3 aromatic rings. The number of likely N-dealkylation sites (tertiary alicyclic amines) is 1. The van der Waals surface area contributed by atoms with E-state index in [9.17, 15) is 4.79 Å². The number of hydrogen-bond donors (Lipinski definition) is 1. The zero-order valence-corrected chi connectivity index (χ0v) is 17.3. The summed E-state index contributed by atoms with van der Waals surface area (Å²) in [5.41, 5.74) is 9.59. The van der Waals surface area contributed by atoms with Gasteiger partial charge in [0.25, 0.3) is 0 Å². The number of benzene rings is 2. The molecule has 2 aromatic carbocycles. The third kappa shape index (κ3) is 4.06. The summed E-state index contributed by atoms with van der Waals surface area (Å²) in [4.78, 5) is 20.0. The molecule has 152 valence electrons. The molecule has 0 radical (unpaired) electrons. The molecular weight excluding hydrogens is 360 g/mol. The number of carbonyl (C=O) groups is 1. The Kier molecular flexibility index (Phi) is 5.67. The number of aromatic nitrogens is 2. The van der Waals surface area contributed by atoms with Crippen LogP contribution in [0, 0.1) is 0 Å². The third-order valence-electron chi connectivity index (χ3n) is 5.85. The maximum absolute atomic E-state index is 13.0. The van der Waals surface area contributed by atoms with Crippen molar-refractivity contribution in [3.63, 3.8) is 0 Å². The third-order valence-corrected chi connectivity index (χ3v) is 5.85. The molecule has 2 unspecified atom stereocenters. The number of piperidine rings is 1. The number of imidazole rings is 1. The fourth-order valence-corrected chi connectivity index (χ4v) is 4.47. The summed E-state index contributed by atoms with van der Waals surface area (Å²) in [5.74, 6) is 1.38. The van der Waals surface area contributed by atoms with Crippen LogP contribution in [0.25, 0.3) is 11.0 Å². The number of nitrogens with zero attached hydrogens (tertiary/aromatic N) is 3. The van der Waals surface area contributed by atoms with Gasteiger partial charge in [-0.05, 0) is 50.8 Å². The second-order valence-electron chi connectivity index (χ2n) is 8.34. The Morgan fingerprint density at radius 2 is 1.86 bits per heavy atom. The summed E-state index contributed by atoms with van der Waals surface area (Å²) < 4.78 is 2.33. The van der Waals surface area contributed by atoms with Crippen molar-refractivity contribution in [2.24, 2.45) is 5.73 Å². The Morgan fingerprint density at radius 1 is 1.14 bits per heavy atom. The fraction of sp³-hybridized carbons (Fsp3) is 0.417. The number of amides is 1. The van der Waals surface area contributed by atoms with Gasteiger partial charge in [-0.2, -0.15) is 0 Å². The Balaban J connectivity index is 1.53. The Bertz CT molecular complexity index is 979. The van der Waals surface area contributed by atoms with Crippen LogP contribution in [-0.2, 0) is 11.2 Å². The van der Waals surface area contributed by atoms with Crippen LogP contribution in [0.15, 0.2) is 54.6 Å². The molecule has 0 aliphatic carbocycles. The maximum Gasteiger partial charge on any atom is 0.239 e. The topological polar surface area (TPSA) is 64.2 Å². The first-order valence-corrected chi connectivity index (χ1v) is 10.6. The molecule has 0 spiro atoms. The monoisotopic (exact) mass is 390 g/mol. The van der Waals surface area contributed by atoms with Gasteiger partial charge in [0.2, 0.25) is 5.91 Å². The highest BCUT2D eigenvalue weighted by molar-refractivity contribution is 5.82. The average Bonchev–Trinajstić information content (AvgIpc) is 3.14. The number of para-hydroxylation sites is 2. The average molecular weight is 391 g/mol. The predicted molar refractivity (Wildman–Crippen MR) is 117 cm³/mol. The molecule has 1 saturated heterocycles. The van der Waals surface area contributed by atoms with Crippen molar-refractivity contribution in [2.75, 3.05) is 13.1 Å². The van der Waals surface area contributed by atoms with Crippen LogP contribution in [0.4, 0.5) is 0 Å². The van der Waals surface area contributed by atoms with E-state index in [1.54, 1.807) is 0 Å². The van der Waals surface area contributed by atoms with E-state index < -0.39 is 6.04 Å². The lowest BCUT2D eigenvalue weighted by molar-refractivity contribution is -0.133. The highest BCUT2D eigenvalue weighted by atomic mass is 16.2. The summed E-state index contributed by atoms with van der Waals surface area (Å²) in [6.45, 7) is 5.86. The number of hydrogen-bond acceptors (Lipinski definition) is 3. The molecule has 2 atom stereocenters. The molecule has 29 heavy (non-hydrogen) atoms. The number of carbonyl (C=O) groups excluding carboxylic acids is 1. The van der Waals surface area contributed by atoms with E-state index in [0.717, 1.165) is 36.3 Å². The lowest BCUT2D eigenvalue weighted by Gasteiger charge is -2.34. The zero-order chi connectivity index (χ0) is 20.4. The Morgan fingerprint density at radius 3 is 2.62 bits per heavy atom. The molecule has 0 saturated carbocycles. The van der Waals surface area contributed by atoms with E-state index in [2.05, 4.69) is 36.6 Å². The number of fused-ring (bicyclic) bond motifs is 1. The predicted octanol–water partition coefficient (Wildman–Crippen LogP) is 3.89. The largest absolute Gasteiger partial charge is 0.341 e. The molecule has 5 nitrogen and oxygen atoms in total. The molecule has 5 heteroatoms. The van der Waals surface area contributed by atoms with Crippen LogP contribution < -0.4 is 5.73 Å². The second kappa shape index (κ2) is 8.37. The van der Waals surface area contributed by atoms with Gasteiger partial charge in [-0.15, -0.1) is 0 Å². The highest BCUT2D eigenvalue weighted by Gasteiger charge is 2.31. The first-order valence-electron chi connectivity index (χ1n) is 10.6. The van der Waals surface area contributed by atoms with E-state index in [1.165, 1.54) is 5.52 Å². The van der Waals surface area contributed by atoms with Crippen LogP contribution in [0.2, 0.25) is 0 Å². The lowest BCUT2D eigenvalue weighted by Crippen LogP contribution is -2.48.